The molecule has 1 aliphatic rings. The molecule has 1 aliphatic heterocycles. The molecule has 3 heterocycles. The third-order valence-corrected chi connectivity index (χ3v) is 7.08. The van der Waals surface area contributed by atoms with Crippen molar-refractivity contribution in [3.63, 3.8) is 0 Å². The normalized spacial score (nSPS) is 15.7. The summed E-state index contributed by atoms with van der Waals surface area (Å²) in [7, 11) is 1.58. The molecule has 0 saturated heterocycles. The van der Waals surface area contributed by atoms with Gasteiger partial charge in [-0.15, -0.1) is 0 Å². The molecule has 0 spiro atoms. The first-order chi connectivity index (χ1) is 17.1. The number of carboxylic acids is 1. The Morgan fingerprint density at radius 1 is 1.14 bits per heavy atom. The molecule has 1 unspecified atom stereocenters. The van der Waals surface area contributed by atoms with Crippen LogP contribution in [0, 0.1) is 6.92 Å². The van der Waals surface area contributed by atoms with E-state index in [2.05, 4.69) is 15.3 Å². The summed E-state index contributed by atoms with van der Waals surface area (Å²) >= 11 is 12.7. The number of aryl methyl sites for hydroxylation is 1. The lowest BCUT2D eigenvalue weighted by molar-refractivity contribution is 0.0689. The number of nitrogens with one attached hydrogen (secondary N) is 1. The Labute approximate surface area is 218 Å². The van der Waals surface area contributed by atoms with Crippen LogP contribution in [0.2, 0.25) is 10.0 Å². The van der Waals surface area contributed by atoms with E-state index in [1.165, 1.54) is 0 Å². The van der Waals surface area contributed by atoms with Gasteiger partial charge >= 0.3 is 5.97 Å². The van der Waals surface area contributed by atoms with E-state index in [-0.39, 0.29) is 5.69 Å². The van der Waals surface area contributed by atoms with Crippen LogP contribution in [0.3, 0.4) is 0 Å². The zero-order chi connectivity index (χ0) is 25.8. The largest absolute Gasteiger partial charge is 0.496 e. The Morgan fingerprint density at radius 2 is 1.89 bits per heavy atom. The number of carbonyl (C=O) groups is 1. The molecule has 0 fully saturated rings. The fraction of sp³-hybridized carbons (Fsp3) is 0.222. The van der Waals surface area contributed by atoms with Gasteiger partial charge in [-0.1, -0.05) is 41.4 Å². The first-order valence-electron chi connectivity index (χ1n) is 11.3. The van der Waals surface area contributed by atoms with Gasteiger partial charge in [-0.25, -0.2) is 9.78 Å². The minimum Gasteiger partial charge on any atom is -0.496 e. The molecular formula is C27H24Cl2N4O3. The number of benzene rings is 2. The molecule has 2 aromatic heterocycles. The predicted molar refractivity (Wildman–Crippen MR) is 140 cm³/mol. The second-order valence-electron chi connectivity index (χ2n) is 9.16. The van der Waals surface area contributed by atoms with Crippen LogP contribution in [0.15, 0.2) is 54.7 Å². The zero-order valence-electron chi connectivity index (χ0n) is 20.1. The first kappa shape index (κ1) is 24.2. The molecule has 0 saturated carbocycles. The Kier molecular flexibility index (Phi) is 5.93. The van der Waals surface area contributed by atoms with E-state index in [1.54, 1.807) is 19.4 Å². The summed E-state index contributed by atoms with van der Waals surface area (Å²) in [4.78, 5) is 21.6. The van der Waals surface area contributed by atoms with E-state index in [0.29, 0.717) is 38.6 Å². The number of aromatic carboxylic acids is 1. The summed E-state index contributed by atoms with van der Waals surface area (Å²) in [6, 6.07) is 14.3. The Balaban J connectivity index is 1.85. The molecule has 5 rings (SSSR count). The van der Waals surface area contributed by atoms with E-state index < -0.39 is 17.6 Å². The molecule has 0 amide bonds. The minimum absolute atomic E-state index is 0.0466. The molecule has 0 aliphatic carbocycles. The number of hydrogen-bond donors (Lipinski definition) is 2. The van der Waals surface area contributed by atoms with Crippen LogP contribution in [0.1, 0.15) is 52.9 Å². The van der Waals surface area contributed by atoms with Crippen molar-refractivity contribution in [1.29, 1.82) is 0 Å². The molecule has 36 heavy (non-hydrogen) atoms. The lowest BCUT2D eigenvalue weighted by Gasteiger charge is -2.41. The second-order valence-corrected chi connectivity index (χ2v) is 10.0. The van der Waals surface area contributed by atoms with Crippen molar-refractivity contribution in [2.75, 3.05) is 12.4 Å². The number of hydrogen-bond acceptors (Lipinski definition) is 5. The summed E-state index contributed by atoms with van der Waals surface area (Å²) < 4.78 is 7.58. The first-order valence-corrected chi connectivity index (χ1v) is 12.1. The number of aromatic nitrogens is 3. The van der Waals surface area contributed by atoms with E-state index >= 15 is 0 Å². The molecule has 2 aromatic carbocycles. The van der Waals surface area contributed by atoms with E-state index in [9.17, 15) is 9.90 Å². The molecule has 4 aromatic rings. The van der Waals surface area contributed by atoms with Crippen LogP contribution in [-0.4, -0.2) is 32.7 Å². The standard InChI is InChI=1S/C27H24Cl2N4O3/c1-14-20(12-16(29)13-30-14)31-22-17-10-9-15(28)11-19(17)27(2,3)33-24(22)23(26(34)35)32-25(33)18-7-5-6-8-21(18)36-4/h5-13,22,31H,1-4H3,(H,34,35). The molecule has 0 bridgehead atoms. The highest BCUT2D eigenvalue weighted by molar-refractivity contribution is 6.31. The Bertz CT molecular complexity index is 1510. The zero-order valence-corrected chi connectivity index (χ0v) is 21.6. The summed E-state index contributed by atoms with van der Waals surface area (Å²) in [6.45, 7) is 5.92. The van der Waals surface area contributed by atoms with E-state index in [4.69, 9.17) is 27.9 Å². The number of imidazole rings is 1. The van der Waals surface area contributed by atoms with Gasteiger partial charge in [-0.3, -0.25) is 4.98 Å². The smallest absolute Gasteiger partial charge is 0.356 e. The van der Waals surface area contributed by atoms with Crippen molar-refractivity contribution in [3.8, 4) is 17.1 Å². The number of rotatable bonds is 5. The fourth-order valence-electron chi connectivity index (χ4n) is 4.97. The number of pyridine rings is 1. The topological polar surface area (TPSA) is 89.3 Å². The van der Waals surface area contributed by atoms with Crippen molar-refractivity contribution < 1.29 is 14.6 Å². The molecule has 2 N–H and O–H groups in total. The van der Waals surface area contributed by atoms with Crippen molar-refractivity contribution in [3.05, 3.63) is 93.0 Å². The highest BCUT2D eigenvalue weighted by atomic mass is 35.5. The van der Waals surface area contributed by atoms with Crippen molar-refractivity contribution in [2.24, 2.45) is 0 Å². The van der Waals surface area contributed by atoms with Crippen molar-refractivity contribution in [1.82, 2.24) is 14.5 Å². The number of para-hydroxylation sites is 1. The highest BCUT2D eigenvalue weighted by Gasteiger charge is 2.43. The fourth-order valence-corrected chi connectivity index (χ4v) is 5.30. The molecule has 184 valence electrons. The van der Waals surface area contributed by atoms with Crippen LogP contribution in [0.5, 0.6) is 5.75 Å². The minimum atomic E-state index is -1.12. The van der Waals surface area contributed by atoms with Crippen molar-refractivity contribution >= 4 is 34.9 Å². The van der Waals surface area contributed by atoms with E-state index in [0.717, 1.165) is 16.8 Å². The van der Waals surface area contributed by atoms with Gasteiger partial charge in [0.25, 0.3) is 0 Å². The molecule has 7 nitrogen and oxygen atoms in total. The average molecular weight is 523 g/mol. The molecule has 9 heteroatoms. The number of carboxylic acid groups (broad SMARTS) is 1. The lowest BCUT2D eigenvalue weighted by Crippen LogP contribution is -2.39. The average Bonchev–Trinajstić information content (AvgIpc) is 3.26. The number of fused-ring (bicyclic) bond motifs is 2. The van der Waals surface area contributed by atoms with Gasteiger partial charge in [-0.05, 0) is 62.2 Å². The number of methoxy groups -OCH3 is 1. The highest BCUT2D eigenvalue weighted by Crippen LogP contribution is 2.48. The lowest BCUT2D eigenvalue weighted by atomic mass is 9.81. The van der Waals surface area contributed by atoms with Gasteiger partial charge in [-0.2, -0.15) is 0 Å². The summed E-state index contributed by atoms with van der Waals surface area (Å²) in [6.07, 6.45) is 1.58. The Hall–Kier alpha value is -3.55. The maximum Gasteiger partial charge on any atom is 0.356 e. The summed E-state index contributed by atoms with van der Waals surface area (Å²) in [5.74, 6) is -0.0432. The quantitative estimate of drug-likeness (QED) is 0.308. The number of anilines is 1. The van der Waals surface area contributed by atoms with Gasteiger partial charge in [0.15, 0.2) is 5.69 Å². The Morgan fingerprint density at radius 3 is 2.61 bits per heavy atom. The SMILES string of the molecule is COc1ccccc1-c1nc(C(=O)O)c2n1C(C)(C)c1cc(Cl)ccc1C2Nc1cc(Cl)cnc1C. The van der Waals surface area contributed by atoms with Gasteiger partial charge < -0.3 is 19.7 Å². The molecule has 1 atom stereocenters. The second kappa shape index (κ2) is 8.84. The number of nitrogens with zero attached hydrogens (tertiary/aromatic N) is 3. The van der Waals surface area contributed by atoms with Gasteiger partial charge in [0, 0.05) is 11.2 Å². The third-order valence-electron chi connectivity index (χ3n) is 6.63. The van der Waals surface area contributed by atoms with Crippen LogP contribution < -0.4 is 10.1 Å². The van der Waals surface area contributed by atoms with Crippen LogP contribution in [-0.2, 0) is 5.54 Å². The maximum atomic E-state index is 12.6. The maximum absolute atomic E-state index is 12.6. The summed E-state index contributed by atoms with van der Waals surface area (Å²) in [5, 5.41) is 14.8. The predicted octanol–water partition coefficient (Wildman–Crippen LogP) is 6.57. The molecular weight excluding hydrogens is 499 g/mol. The molecule has 0 radical (unpaired) electrons. The van der Waals surface area contributed by atoms with Crippen molar-refractivity contribution in [2.45, 2.75) is 32.4 Å². The van der Waals surface area contributed by atoms with Crippen LogP contribution in [0.4, 0.5) is 5.69 Å². The van der Waals surface area contributed by atoms with E-state index in [1.807, 2.05) is 67.8 Å². The number of halogens is 2. The monoisotopic (exact) mass is 522 g/mol. The number of ether oxygens (including phenoxy) is 1. The van der Waals surface area contributed by atoms with Gasteiger partial charge in [0.1, 0.15) is 11.6 Å². The van der Waals surface area contributed by atoms with Crippen LogP contribution in [0.25, 0.3) is 11.4 Å². The van der Waals surface area contributed by atoms with Gasteiger partial charge in [0.05, 0.1) is 46.4 Å². The summed E-state index contributed by atoms with van der Waals surface area (Å²) in [5.41, 5.74) is 3.72. The third kappa shape index (κ3) is 3.79. The van der Waals surface area contributed by atoms with Crippen LogP contribution >= 0.6 is 23.2 Å². The van der Waals surface area contributed by atoms with Gasteiger partial charge in [0.2, 0.25) is 0 Å².